The summed E-state index contributed by atoms with van der Waals surface area (Å²) in [5.41, 5.74) is 2.26. The maximum atomic E-state index is 11.7. The second kappa shape index (κ2) is 4.67. The minimum Gasteiger partial charge on any atom is -0.364 e. The van der Waals surface area contributed by atoms with Gasteiger partial charge in [-0.15, -0.1) is 0 Å². The zero-order valence-corrected chi connectivity index (χ0v) is 12.7. The first-order valence-electron chi connectivity index (χ1n) is 7.44. The standard InChI is InChI=1S/C16H18ClN3O/c1-10(21)19-8-13-3-2-12(19)9-20(13)16-7-11(17)6-15-14(16)4-5-18-15/h4-7,12-13,18H,2-3,8-9H2,1H3. The molecule has 3 aliphatic rings. The number of nitrogens with one attached hydrogen (secondary N) is 1. The normalized spacial score (nSPS) is 24.9. The Morgan fingerprint density at radius 2 is 2.10 bits per heavy atom. The Morgan fingerprint density at radius 1 is 1.29 bits per heavy atom. The van der Waals surface area contributed by atoms with Crippen LogP contribution in [0.2, 0.25) is 5.02 Å². The van der Waals surface area contributed by atoms with Crippen LogP contribution in [0.25, 0.3) is 10.9 Å². The number of amides is 1. The fourth-order valence-electron chi connectivity index (χ4n) is 3.86. The summed E-state index contributed by atoms with van der Waals surface area (Å²) in [5.74, 6) is 0.197. The molecule has 5 rings (SSSR count). The molecule has 4 nitrogen and oxygen atoms in total. The van der Waals surface area contributed by atoms with Gasteiger partial charge in [-0.25, -0.2) is 0 Å². The average Bonchev–Trinajstić information content (AvgIpc) is 2.94. The third kappa shape index (κ3) is 2.01. The molecule has 0 radical (unpaired) electrons. The average molecular weight is 304 g/mol. The highest BCUT2D eigenvalue weighted by Gasteiger charge is 2.40. The van der Waals surface area contributed by atoms with Gasteiger partial charge in [-0.1, -0.05) is 11.6 Å². The van der Waals surface area contributed by atoms with Gasteiger partial charge in [0.2, 0.25) is 5.91 Å². The van der Waals surface area contributed by atoms with Crippen LogP contribution in [0.3, 0.4) is 0 Å². The highest BCUT2D eigenvalue weighted by atomic mass is 35.5. The number of hydrogen-bond donors (Lipinski definition) is 1. The smallest absolute Gasteiger partial charge is 0.219 e. The zero-order chi connectivity index (χ0) is 14.6. The van der Waals surface area contributed by atoms with Gasteiger partial charge in [0.25, 0.3) is 0 Å². The highest BCUT2D eigenvalue weighted by molar-refractivity contribution is 6.31. The Morgan fingerprint density at radius 3 is 2.81 bits per heavy atom. The summed E-state index contributed by atoms with van der Waals surface area (Å²) in [5, 5.41) is 1.96. The van der Waals surface area contributed by atoms with Crippen molar-refractivity contribution in [2.75, 3.05) is 18.0 Å². The predicted molar refractivity (Wildman–Crippen MR) is 84.9 cm³/mol. The minimum absolute atomic E-state index is 0.197. The molecule has 3 fully saturated rings. The van der Waals surface area contributed by atoms with Crippen LogP contribution < -0.4 is 4.90 Å². The lowest BCUT2D eigenvalue weighted by Gasteiger charge is -2.52. The van der Waals surface area contributed by atoms with Crippen LogP contribution in [-0.2, 0) is 4.79 Å². The number of aromatic nitrogens is 1. The number of rotatable bonds is 1. The number of hydrogen-bond acceptors (Lipinski definition) is 2. The van der Waals surface area contributed by atoms with Crippen LogP contribution in [0.15, 0.2) is 24.4 Å². The summed E-state index contributed by atoms with van der Waals surface area (Å²) in [6, 6.07) is 6.85. The van der Waals surface area contributed by atoms with E-state index in [4.69, 9.17) is 11.6 Å². The molecule has 1 N–H and O–H groups in total. The van der Waals surface area contributed by atoms with Crippen LogP contribution in [0.5, 0.6) is 0 Å². The van der Waals surface area contributed by atoms with Crippen molar-refractivity contribution in [3.05, 3.63) is 29.4 Å². The first kappa shape index (κ1) is 13.0. The van der Waals surface area contributed by atoms with Crippen molar-refractivity contribution < 1.29 is 4.79 Å². The lowest BCUT2D eigenvalue weighted by molar-refractivity contribution is -0.133. The Labute approximate surface area is 128 Å². The molecule has 3 saturated heterocycles. The summed E-state index contributed by atoms with van der Waals surface area (Å²) in [6.07, 6.45) is 4.21. The molecule has 2 atom stereocenters. The Hall–Kier alpha value is -1.68. The number of piperazine rings is 1. The number of nitrogens with zero attached hydrogens (tertiary/aromatic N) is 2. The van der Waals surface area contributed by atoms with E-state index < -0.39 is 0 Å². The number of piperidine rings is 2. The fourth-order valence-corrected chi connectivity index (χ4v) is 4.07. The third-order valence-electron chi connectivity index (χ3n) is 4.86. The van der Waals surface area contributed by atoms with Crippen LogP contribution >= 0.6 is 11.6 Å². The van der Waals surface area contributed by atoms with E-state index in [9.17, 15) is 4.79 Å². The maximum Gasteiger partial charge on any atom is 0.219 e. The van der Waals surface area contributed by atoms with Crippen LogP contribution in [-0.4, -0.2) is 41.0 Å². The van der Waals surface area contributed by atoms with Crippen molar-refractivity contribution in [1.29, 1.82) is 0 Å². The summed E-state index contributed by atoms with van der Waals surface area (Å²) in [7, 11) is 0. The van der Waals surface area contributed by atoms with Gasteiger partial charge in [0.15, 0.2) is 0 Å². The number of H-pyrrole nitrogens is 1. The molecule has 0 saturated carbocycles. The first-order chi connectivity index (χ1) is 10.1. The molecule has 4 heterocycles. The molecule has 0 aliphatic carbocycles. The van der Waals surface area contributed by atoms with E-state index in [1.165, 1.54) is 11.1 Å². The lowest BCUT2D eigenvalue weighted by Crippen LogP contribution is -2.63. The number of carbonyl (C=O) groups is 1. The minimum atomic E-state index is 0.197. The van der Waals surface area contributed by atoms with Crippen LogP contribution in [0, 0.1) is 0 Å². The molecular weight excluding hydrogens is 286 g/mol. The lowest BCUT2D eigenvalue weighted by atomic mass is 9.90. The summed E-state index contributed by atoms with van der Waals surface area (Å²) >= 11 is 6.27. The molecule has 2 unspecified atom stereocenters. The topological polar surface area (TPSA) is 39.3 Å². The van der Waals surface area contributed by atoms with Crippen LogP contribution in [0.4, 0.5) is 5.69 Å². The second-order valence-corrected chi connectivity index (χ2v) is 6.51. The molecule has 1 amide bonds. The first-order valence-corrected chi connectivity index (χ1v) is 7.82. The number of fused-ring (bicyclic) bond motifs is 4. The number of benzene rings is 1. The second-order valence-electron chi connectivity index (χ2n) is 6.07. The van der Waals surface area contributed by atoms with Gasteiger partial charge < -0.3 is 14.8 Å². The maximum absolute atomic E-state index is 11.7. The summed E-state index contributed by atoms with van der Waals surface area (Å²) in [4.78, 5) is 19.4. The van der Waals surface area contributed by atoms with Crippen molar-refractivity contribution in [3.63, 3.8) is 0 Å². The Kier molecular flexibility index (Phi) is 2.89. The van der Waals surface area contributed by atoms with E-state index in [1.807, 2.05) is 17.2 Å². The number of anilines is 1. The molecule has 21 heavy (non-hydrogen) atoms. The molecule has 0 spiro atoms. The van der Waals surface area contributed by atoms with Crippen molar-refractivity contribution >= 4 is 34.1 Å². The van der Waals surface area contributed by atoms with Gasteiger partial charge in [0, 0.05) is 59.9 Å². The van der Waals surface area contributed by atoms with E-state index in [-0.39, 0.29) is 5.91 Å². The molecule has 2 bridgehead atoms. The SMILES string of the molecule is CC(=O)N1CC2CCC1CN2c1cc(Cl)cc2[nH]ccc12. The van der Waals surface area contributed by atoms with Gasteiger partial charge in [-0.05, 0) is 31.0 Å². The molecule has 1 aromatic carbocycles. The molecule has 5 heteroatoms. The third-order valence-corrected chi connectivity index (χ3v) is 5.07. The fraction of sp³-hybridized carbons (Fsp3) is 0.438. The molecule has 3 aliphatic heterocycles. The monoisotopic (exact) mass is 303 g/mol. The Balaban J connectivity index is 1.74. The van der Waals surface area contributed by atoms with E-state index in [1.54, 1.807) is 6.92 Å². The van der Waals surface area contributed by atoms with Crippen molar-refractivity contribution in [3.8, 4) is 0 Å². The quantitative estimate of drug-likeness (QED) is 0.879. The van der Waals surface area contributed by atoms with E-state index in [2.05, 4.69) is 22.0 Å². The van der Waals surface area contributed by atoms with Gasteiger partial charge in [-0.3, -0.25) is 4.79 Å². The molecule has 2 aromatic rings. The number of carbonyl (C=O) groups excluding carboxylic acids is 1. The van der Waals surface area contributed by atoms with Crippen molar-refractivity contribution in [1.82, 2.24) is 9.88 Å². The number of halogens is 1. The van der Waals surface area contributed by atoms with Crippen molar-refractivity contribution in [2.24, 2.45) is 0 Å². The van der Waals surface area contributed by atoms with Crippen molar-refractivity contribution in [2.45, 2.75) is 31.8 Å². The predicted octanol–water partition coefficient (Wildman–Crippen LogP) is 3.02. The van der Waals surface area contributed by atoms with E-state index in [0.717, 1.165) is 36.5 Å². The Bertz CT molecular complexity index is 711. The summed E-state index contributed by atoms with van der Waals surface area (Å²) < 4.78 is 0. The van der Waals surface area contributed by atoms with Gasteiger partial charge in [0.1, 0.15) is 0 Å². The van der Waals surface area contributed by atoms with E-state index in [0.29, 0.717) is 12.1 Å². The van der Waals surface area contributed by atoms with Gasteiger partial charge in [-0.2, -0.15) is 0 Å². The largest absolute Gasteiger partial charge is 0.364 e. The summed E-state index contributed by atoms with van der Waals surface area (Å²) in [6.45, 7) is 3.41. The number of aromatic amines is 1. The highest BCUT2D eigenvalue weighted by Crippen LogP contribution is 2.37. The molecular formula is C16H18ClN3O. The van der Waals surface area contributed by atoms with E-state index >= 15 is 0 Å². The molecule has 1 aromatic heterocycles. The van der Waals surface area contributed by atoms with Crippen LogP contribution in [0.1, 0.15) is 19.8 Å². The van der Waals surface area contributed by atoms with Gasteiger partial charge in [0.05, 0.1) is 0 Å². The molecule has 110 valence electrons. The van der Waals surface area contributed by atoms with Gasteiger partial charge >= 0.3 is 0 Å². The zero-order valence-electron chi connectivity index (χ0n) is 12.0.